The molecule has 3 N–H and O–H groups in total. The standard InChI is InChI=1S/C42H42N10O5/c1-23-5-4-6-24(2)35(23)46-36-32-21-43-42(47-37(32)49(3)48-36)44-28-8-7-25-13-18-51(22-27(25)19-28)39(55)26-14-16-50(17-15-26)29-9-10-30-31(20-29)41(57)52(40(30)56)33-11-12-34(53)45-38(33)54/h4-10,19-21,26,33H,11-18,22H2,1-3H3,(H,46,48)(H,43,44,47)(H,45,53,54). The number of aromatic nitrogens is 4. The number of anilines is 5. The van der Waals surface area contributed by atoms with Crippen molar-refractivity contribution in [2.24, 2.45) is 13.0 Å². The fraction of sp³-hybridized carbons (Fsp3) is 0.333. The van der Waals surface area contributed by atoms with Gasteiger partial charge in [-0.3, -0.25) is 34.2 Å². The monoisotopic (exact) mass is 766 g/mol. The van der Waals surface area contributed by atoms with Gasteiger partial charge in [0, 0.05) is 68.8 Å². The van der Waals surface area contributed by atoms with Crippen LogP contribution in [0.1, 0.15) is 68.7 Å². The molecule has 0 radical (unpaired) electrons. The fourth-order valence-corrected chi connectivity index (χ4v) is 8.57. The number of fused-ring (bicyclic) bond motifs is 3. The minimum absolute atomic E-state index is 0.0691. The number of carbonyl (C=O) groups is 5. The van der Waals surface area contributed by atoms with E-state index in [4.69, 9.17) is 4.98 Å². The van der Waals surface area contributed by atoms with E-state index in [0.29, 0.717) is 56.4 Å². The van der Waals surface area contributed by atoms with Gasteiger partial charge in [-0.2, -0.15) is 10.1 Å². The molecule has 5 aromatic rings. The van der Waals surface area contributed by atoms with Gasteiger partial charge in [0.05, 0.1) is 16.5 Å². The SMILES string of the molecule is Cc1cccc(C)c1Nc1nn(C)c2nc(Nc3ccc4c(c3)CN(C(=O)C3CCN(c5ccc6c(c5)C(=O)N(C5CCC(=O)NC5=O)C6=O)CC3)CC4)ncc12. The van der Waals surface area contributed by atoms with Gasteiger partial charge in [-0.1, -0.05) is 24.3 Å². The second kappa shape index (κ2) is 14.1. The molecule has 3 aromatic carbocycles. The van der Waals surface area contributed by atoms with Gasteiger partial charge in [-0.15, -0.1) is 0 Å². The molecule has 15 heteroatoms. The number of aryl methyl sites for hydroxylation is 3. The van der Waals surface area contributed by atoms with E-state index in [1.807, 2.05) is 30.1 Å². The molecular weight excluding hydrogens is 725 g/mol. The Morgan fingerprint density at radius 2 is 1.61 bits per heavy atom. The summed E-state index contributed by atoms with van der Waals surface area (Å²) in [6.45, 7) is 6.54. The van der Waals surface area contributed by atoms with Crippen molar-refractivity contribution >= 4 is 69.4 Å². The first-order valence-corrected chi connectivity index (χ1v) is 19.3. The predicted molar refractivity (Wildman–Crippen MR) is 212 cm³/mol. The highest BCUT2D eigenvalue weighted by Crippen LogP contribution is 2.34. The summed E-state index contributed by atoms with van der Waals surface area (Å²) < 4.78 is 1.74. The molecule has 9 rings (SSSR count). The number of nitrogens with zero attached hydrogens (tertiary/aromatic N) is 7. The summed E-state index contributed by atoms with van der Waals surface area (Å²) in [5.74, 6) is -0.940. The number of nitrogens with one attached hydrogen (secondary N) is 3. The summed E-state index contributed by atoms with van der Waals surface area (Å²) >= 11 is 0. The van der Waals surface area contributed by atoms with Crippen LogP contribution in [0.25, 0.3) is 11.0 Å². The molecule has 4 aliphatic heterocycles. The maximum absolute atomic E-state index is 13.9. The summed E-state index contributed by atoms with van der Waals surface area (Å²) in [5, 5.41) is 14.6. The molecule has 57 heavy (non-hydrogen) atoms. The molecule has 0 spiro atoms. The zero-order chi connectivity index (χ0) is 39.5. The third-order valence-electron chi connectivity index (χ3n) is 11.7. The molecule has 4 aliphatic rings. The third kappa shape index (κ3) is 6.51. The van der Waals surface area contributed by atoms with Crippen LogP contribution in [-0.4, -0.2) is 84.8 Å². The van der Waals surface area contributed by atoms with Crippen molar-refractivity contribution in [1.82, 2.24) is 34.9 Å². The summed E-state index contributed by atoms with van der Waals surface area (Å²) in [5.41, 5.74) is 8.39. The highest BCUT2D eigenvalue weighted by molar-refractivity contribution is 6.23. The molecule has 1 atom stereocenters. The first-order valence-electron chi connectivity index (χ1n) is 19.3. The van der Waals surface area contributed by atoms with Crippen molar-refractivity contribution in [1.29, 1.82) is 0 Å². The second-order valence-electron chi connectivity index (χ2n) is 15.4. The second-order valence-corrected chi connectivity index (χ2v) is 15.4. The van der Waals surface area contributed by atoms with E-state index in [1.54, 1.807) is 23.0 Å². The van der Waals surface area contributed by atoms with Gasteiger partial charge >= 0.3 is 0 Å². The molecule has 6 heterocycles. The van der Waals surface area contributed by atoms with Gasteiger partial charge in [0.2, 0.25) is 23.7 Å². The zero-order valence-corrected chi connectivity index (χ0v) is 32.0. The normalized spacial score (nSPS) is 18.5. The Hall–Kier alpha value is -6.64. The minimum atomic E-state index is -1.01. The molecule has 2 aromatic heterocycles. The largest absolute Gasteiger partial charge is 0.371 e. The summed E-state index contributed by atoms with van der Waals surface area (Å²) in [4.78, 5) is 79.0. The molecule has 2 fully saturated rings. The van der Waals surface area contributed by atoms with Crippen molar-refractivity contribution in [2.75, 3.05) is 35.2 Å². The van der Waals surface area contributed by atoms with E-state index >= 15 is 0 Å². The van der Waals surface area contributed by atoms with Crippen LogP contribution >= 0.6 is 0 Å². The van der Waals surface area contributed by atoms with Crippen molar-refractivity contribution in [3.8, 4) is 0 Å². The van der Waals surface area contributed by atoms with Crippen LogP contribution < -0.4 is 20.9 Å². The number of hydrogen-bond donors (Lipinski definition) is 3. The maximum atomic E-state index is 13.9. The topological polar surface area (TPSA) is 175 Å². The van der Waals surface area contributed by atoms with E-state index in [9.17, 15) is 24.0 Å². The lowest BCUT2D eigenvalue weighted by molar-refractivity contribution is -0.137. The molecule has 2 saturated heterocycles. The molecule has 15 nitrogen and oxygen atoms in total. The van der Waals surface area contributed by atoms with E-state index in [2.05, 4.69) is 69.0 Å². The Balaban J connectivity index is 0.829. The summed E-state index contributed by atoms with van der Waals surface area (Å²) in [7, 11) is 1.86. The van der Waals surface area contributed by atoms with Crippen LogP contribution in [0.5, 0.6) is 0 Å². The molecule has 5 amide bonds. The van der Waals surface area contributed by atoms with E-state index in [0.717, 1.165) is 50.5 Å². The van der Waals surface area contributed by atoms with Crippen LogP contribution in [0.4, 0.5) is 28.8 Å². The van der Waals surface area contributed by atoms with Crippen LogP contribution in [0.3, 0.4) is 0 Å². The maximum Gasteiger partial charge on any atom is 0.262 e. The number of benzene rings is 3. The van der Waals surface area contributed by atoms with Crippen LogP contribution in [0.15, 0.2) is 60.8 Å². The van der Waals surface area contributed by atoms with E-state index in [-0.39, 0.29) is 35.8 Å². The first-order chi connectivity index (χ1) is 27.5. The Labute approximate surface area is 328 Å². The molecule has 1 unspecified atom stereocenters. The van der Waals surface area contributed by atoms with Gasteiger partial charge in [-0.25, -0.2) is 9.67 Å². The van der Waals surface area contributed by atoms with Crippen LogP contribution in [-0.2, 0) is 34.4 Å². The van der Waals surface area contributed by atoms with Gasteiger partial charge < -0.3 is 20.4 Å². The lowest BCUT2D eigenvalue weighted by Crippen LogP contribution is -2.54. The zero-order valence-electron chi connectivity index (χ0n) is 32.0. The number of carbonyl (C=O) groups excluding carboxylic acids is 5. The van der Waals surface area contributed by atoms with Gasteiger partial charge in [-0.05, 0) is 92.1 Å². The average molecular weight is 767 g/mol. The van der Waals surface area contributed by atoms with Gasteiger partial charge in [0.25, 0.3) is 11.8 Å². The number of rotatable bonds is 7. The molecule has 290 valence electrons. The van der Waals surface area contributed by atoms with Crippen molar-refractivity contribution in [3.63, 3.8) is 0 Å². The third-order valence-corrected chi connectivity index (χ3v) is 11.7. The number of hydrogen-bond acceptors (Lipinski definition) is 11. The van der Waals surface area contributed by atoms with Gasteiger partial charge in [0.1, 0.15) is 6.04 Å². The lowest BCUT2D eigenvalue weighted by Gasteiger charge is -2.37. The molecule has 0 bridgehead atoms. The quantitative estimate of drug-likeness (QED) is 0.197. The first kappa shape index (κ1) is 36.0. The smallest absolute Gasteiger partial charge is 0.262 e. The Morgan fingerprint density at radius 3 is 2.39 bits per heavy atom. The highest BCUT2D eigenvalue weighted by Gasteiger charge is 2.45. The van der Waals surface area contributed by atoms with Crippen molar-refractivity contribution < 1.29 is 24.0 Å². The van der Waals surface area contributed by atoms with E-state index in [1.165, 1.54) is 5.56 Å². The van der Waals surface area contributed by atoms with Gasteiger partial charge in [0.15, 0.2) is 11.5 Å². The predicted octanol–water partition coefficient (Wildman–Crippen LogP) is 4.67. The molecule has 0 aliphatic carbocycles. The summed E-state index contributed by atoms with van der Waals surface area (Å²) in [6, 6.07) is 16.5. The lowest BCUT2D eigenvalue weighted by atomic mass is 9.92. The van der Waals surface area contributed by atoms with Crippen LogP contribution in [0, 0.1) is 19.8 Å². The Kier molecular flexibility index (Phi) is 8.94. The van der Waals surface area contributed by atoms with Crippen LogP contribution in [0.2, 0.25) is 0 Å². The molecule has 0 saturated carbocycles. The summed E-state index contributed by atoms with van der Waals surface area (Å²) in [6.07, 6.45) is 4.04. The van der Waals surface area contributed by atoms with Crippen molar-refractivity contribution in [3.05, 3.63) is 94.2 Å². The molecular formula is C42H42N10O5. The average Bonchev–Trinajstić information content (AvgIpc) is 3.65. The van der Waals surface area contributed by atoms with Crippen molar-refractivity contribution in [2.45, 2.75) is 58.5 Å². The minimum Gasteiger partial charge on any atom is -0.371 e. The number of imide groups is 2. The van der Waals surface area contributed by atoms with E-state index < -0.39 is 29.7 Å². The highest BCUT2D eigenvalue weighted by atomic mass is 16.2. The Bertz CT molecular complexity index is 2500. The Morgan fingerprint density at radius 1 is 0.842 bits per heavy atom. The number of amides is 5. The number of para-hydroxylation sites is 1. The fourth-order valence-electron chi connectivity index (χ4n) is 8.57. The number of piperidine rings is 2.